The number of thiocarbonyl (C=S) groups is 1. The number of anilines is 2. The maximum absolute atomic E-state index is 11.6. The van der Waals surface area contributed by atoms with Crippen molar-refractivity contribution < 1.29 is 19.1 Å². The van der Waals surface area contributed by atoms with E-state index >= 15 is 0 Å². The van der Waals surface area contributed by atoms with E-state index in [4.69, 9.17) is 12.2 Å². The second kappa shape index (κ2) is 9.52. The van der Waals surface area contributed by atoms with Crippen molar-refractivity contribution in [2.45, 2.75) is 26.2 Å². The predicted molar refractivity (Wildman–Crippen MR) is 91.0 cm³/mol. The Morgan fingerprint density at radius 1 is 1.00 bits per heavy atom. The average Bonchev–Trinajstić information content (AvgIpc) is 2.54. The second-order valence-corrected chi connectivity index (χ2v) is 4.97. The Hall–Kier alpha value is -2.48. The van der Waals surface area contributed by atoms with E-state index < -0.39 is 5.97 Å². The average molecular weight is 337 g/mol. The molecule has 1 aromatic rings. The van der Waals surface area contributed by atoms with Crippen LogP contribution in [0.25, 0.3) is 0 Å². The molecule has 0 bridgehead atoms. The number of hydrogen-bond donors (Lipinski definition) is 3. The summed E-state index contributed by atoms with van der Waals surface area (Å²) in [4.78, 5) is 33.8. The number of carbonyl (C=O) groups excluding carboxylic acids is 3. The molecule has 0 spiro atoms. The summed E-state index contributed by atoms with van der Waals surface area (Å²) in [6.45, 7) is 1.77. The Morgan fingerprint density at radius 2 is 1.57 bits per heavy atom. The Morgan fingerprint density at radius 3 is 2.09 bits per heavy atom. The summed E-state index contributed by atoms with van der Waals surface area (Å²) in [5, 5.41) is 8.16. The zero-order valence-corrected chi connectivity index (χ0v) is 13.8. The maximum Gasteiger partial charge on any atom is 0.306 e. The smallest absolute Gasteiger partial charge is 0.306 e. The zero-order valence-electron chi connectivity index (χ0n) is 13.0. The number of rotatable bonds is 6. The lowest BCUT2D eigenvalue weighted by atomic mass is 10.2. The number of hydrogen-bond acceptors (Lipinski definition) is 5. The summed E-state index contributed by atoms with van der Waals surface area (Å²) >= 11 is 5.01. The first-order chi connectivity index (χ1) is 10.9. The lowest BCUT2D eigenvalue weighted by Crippen LogP contribution is -2.34. The van der Waals surface area contributed by atoms with Crippen LogP contribution in [0.3, 0.4) is 0 Å². The number of nitrogens with one attached hydrogen (secondary N) is 3. The molecule has 1 rings (SSSR count). The van der Waals surface area contributed by atoms with Gasteiger partial charge in [0.15, 0.2) is 5.11 Å². The number of amides is 2. The van der Waals surface area contributed by atoms with Gasteiger partial charge in [-0.1, -0.05) is 6.92 Å². The van der Waals surface area contributed by atoms with Gasteiger partial charge >= 0.3 is 5.97 Å². The fraction of sp³-hybridized carbons (Fsp3) is 0.333. The van der Waals surface area contributed by atoms with Crippen molar-refractivity contribution in [3.63, 3.8) is 0 Å². The molecule has 0 aliphatic heterocycles. The zero-order chi connectivity index (χ0) is 17.2. The van der Waals surface area contributed by atoms with Crippen molar-refractivity contribution in [1.29, 1.82) is 0 Å². The molecule has 124 valence electrons. The fourth-order valence-corrected chi connectivity index (χ4v) is 1.79. The van der Waals surface area contributed by atoms with Crippen LogP contribution in [0.4, 0.5) is 11.4 Å². The van der Waals surface area contributed by atoms with E-state index in [0.717, 1.165) is 0 Å². The molecule has 1 aromatic carbocycles. The normalized spacial score (nSPS) is 9.65. The molecule has 2 amide bonds. The van der Waals surface area contributed by atoms with Gasteiger partial charge in [-0.05, 0) is 36.5 Å². The monoisotopic (exact) mass is 337 g/mol. The first-order valence-corrected chi connectivity index (χ1v) is 7.43. The molecule has 0 saturated heterocycles. The minimum atomic E-state index is -0.455. The molecule has 0 saturated carbocycles. The van der Waals surface area contributed by atoms with Crippen molar-refractivity contribution in [3.8, 4) is 0 Å². The minimum absolute atomic E-state index is 0.00320. The van der Waals surface area contributed by atoms with Crippen LogP contribution in [-0.4, -0.2) is 30.0 Å². The van der Waals surface area contributed by atoms with Crippen LogP contribution in [0.1, 0.15) is 26.2 Å². The molecule has 0 radical (unpaired) electrons. The number of benzene rings is 1. The molecule has 7 nitrogen and oxygen atoms in total. The SMILES string of the molecule is CCC(=O)Nc1ccc(NC(=S)NC(=O)CCC(=O)OC)cc1. The summed E-state index contributed by atoms with van der Waals surface area (Å²) in [5.41, 5.74) is 1.34. The van der Waals surface area contributed by atoms with E-state index in [1.807, 2.05) is 0 Å². The van der Waals surface area contributed by atoms with Crippen LogP contribution in [-0.2, 0) is 19.1 Å². The van der Waals surface area contributed by atoms with Crippen molar-refractivity contribution >= 4 is 46.5 Å². The van der Waals surface area contributed by atoms with Crippen molar-refractivity contribution in [3.05, 3.63) is 24.3 Å². The van der Waals surface area contributed by atoms with Gasteiger partial charge in [0.2, 0.25) is 11.8 Å². The van der Waals surface area contributed by atoms with Gasteiger partial charge in [-0.15, -0.1) is 0 Å². The van der Waals surface area contributed by atoms with Gasteiger partial charge in [0.1, 0.15) is 0 Å². The predicted octanol–water partition coefficient (Wildman–Crippen LogP) is 1.80. The molecule has 3 N–H and O–H groups in total. The van der Waals surface area contributed by atoms with E-state index in [1.165, 1.54) is 7.11 Å². The molecule has 0 aromatic heterocycles. The Kier molecular flexibility index (Phi) is 7.69. The summed E-state index contributed by atoms with van der Waals surface area (Å²) in [6, 6.07) is 6.88. The van der Waals surface area contributed by atoms with Gasteiger partial charge in [0, 0.05) is 24.2 Å². The molecular weight excluding hydrogens is 318 g/mol. The van der Waals surface area contributed by atoms with E-state index in [0.29, 0.717) is 17.8 Å². The number of esters is 1. The van der Waals surface area contributed by atoms with Crippen LogP contribution in [0.15, 0.2) is 24.3 Å². The van der Waals surface area contributed by atoms with Crippen LogP contribution in [0.5, 0.6) is 0 Å². The lowest BCUT2D eigenvalue weighted by molar-refractivity contribution is -0.142. The highest BCUT2D eigenvalue weighted by Crippen LogP contribution is 2.13. The third-order valence-corrected chi connectivity index (χ3v) is 2.99. The van der Waals surface area contributed by atoms with Gasteiger partial charge in [0.05, 0.1) is 13.5 Å². The number of carbonyl (C=O) groups is 3. The first-order valence-electron chi connectivity index (χ1n) is 7.02. The molecule has 0 fully saturated rings. The van der Waals surface area contributed by atoms with E-state index in [9.17, 15) is 14.4 Å². The Balaban J connectivity index is 2.43. The minimum Gasteiger partial charge on any atom is -0.469 e. The van der Waals surface area contributed by atoms with Crippen molar-refractivity contribution in [1.82, 2.24) is 5.32 Å². The van der Waals surface area contributed by atoms with E-state index in [-0.39, 0.29) is 29.8 Å². The van der Waals surface area contributed by atoms with Crippen LogP contribution < -0.4 is 16.0 Å². The fourth-order valence-electron chi connectivity index (χ4n) is 1.56. The van der Waals surface area contributed by atoms with Gasteiger partial charge in [-0.2, -0.15) is 0 Å². The highest BCUT2D eigenvalue weighted by molar-refractivity contribution is 7.80. The van der Waals surface area contributed by atoms with E-state index in [2.05, 4.69) is 20.7 Å². The molecule has 23 heavy (non-hydrogen) atoms. The summed E-state index contributed by atoms with van der Waals surface area (Å²) in [6.07, 6.45) is 0.398. The summed E-state index contributed by atoms with van der Waals surface area (Å²) in [7, 11) is 1.26. The Bertz CT molecular complexity index is 587. The van der Waals surface area contributed by atoms with Gasteiger partial charge in [-0.3, -0.25) is 14.4 Å². The molecular formula is C15H19N3O4S. The maximum atomic E-state index is 11.6. The van der Waals surface area contributed by atoms with Crippen LogP contribution in [0, 0.1) is 0 Å². The summed E-state index contributed by atoms with van der Waals surface area (Å²) in [5.74, 6) is -0.900. The lowest BCUT2D eigenvalue weighted by Gasteiger charge is -2.10. The molecule has 0 aliphatic rings. The molecule has 0 heterocycles. The van der Waals surface area contributed by atoms with Gasteiger partial charge in [-0.25, -0.2) is 0 Å². The largest absolute Gasteiger partial charge is 0.469 e. The standard InChI is InChI=1S/C15H19N3O4S/c1-3-12(19)16-10-4-6-11(7-5-10)17-15(23)18-13(20)8-9-14(21)22-2/h4-7H,3,8-9H2,1-2H3,(H,16,19)(H2,17,18,20,23). The van der Waals surface area contributed by atoms with Crippen LogP contribution >= 0.6 is 12.2 Å². The quantitative estimate of drug-likeness (QED) is 0.541. The highest BCUT2D eigenvalue weighted by Gasteiger charge is 2.08. The first kappa shape index (κ1) is 18.6. The van der Waals surface area contributed by atoms with Gasteiger partial charge < -0.3 is 20.7 Å². The Labute approximate surface area is 139 Å². The van der Waals surface area contributed by atoms with E-state index in [1.54, 1.807) is 31.2 Å². The third kappa shape index (κ3) is 7.37. The second-order valence-electron chi connectivity index (χ2n) is 4.56. The van der Waals surface area contributed by atoms with Crippen molar-refractivity contribution in [2.75, 3.05) is 17.7 Å². The summed E-state index contributed by atoms with van der Waals surface area (Å²) < 4.78 is 4.45. The molecule has 0 atom stereocenters. The topological polar surface area (TPSA) is 96.5 Å². The third-order valence-electron chi connectivity index (χ3n) is 2.78. The van der Waals surface area contributed by atoms with Crippen molar-refractivity contribution in [2.24, 2.45) is 0 Å². The number of ether oxygens (including phenoxy) is 1. The van der Waals surface area contributed by atoms with Crippen LogP contribution in [0.2, 0.25) is 0 Å². The van der Waals surface area contributed by atoms with Gasteiger partial charge in [0.25, 0.3) is 0 Å². The molecule has 8 heteroatoms. The molecule has 0 aliphatic carbocycles. The molecule has 0 unspecified atom stereocenters. The highest BCUT2D eigenvalue weighted by atomic mass is 32.1. The number of methoxy groups -OCH3 is 1.